The van der Waals surface area contributed by atoms with Gasteiger partial charge >= 0.3 is 0 Å². The summed E-state index contributed by atoms with van der Waals surface area (Å²) in [6.07, 6.45) is 8.44. The number of nitrogens with one attached hydrogen (secondary N) is 1. The summed E-state index contributed by atoms with van der Waals surface area (Å²) in [5, 5.41) is 4.80. The minimum absolute atomic E-state index is 0. The van der Waals surface area contributed by atoms with Crippen LogP contribution in [0.25, 0.3) is 10.2 Å². The van der Waals surface area contributed by atoms with Crippen LogP contribution >= 0.6 is 23.7 Å². The Morgan fingerprint density at radius 3 is 2.59 bits per heavy atom. The van der Waals surface area contributed by atoms with Crippen LogP contribution in [0, 0.1) is 23.4 Å². The number of benzene rings is 1. The van der Waals surface area contributed by atoms with Gasteiger partial charge in [0.1, 0.15) is 28.5 Å². The first-order valence-corrected chi connectivity index (χ1v) is 12.6. The van der Waals surface area contributed by atoms with Crippen molar-refractivity contribution in [1.82, 2.24) is 9.97 Å². The maximum Gasteiger partial charge on any atom is 0.152 e. The van der Waals surface area contributed by atoms with E-state index in [-0.39, 0.29) is 30.2 Å². The van der Waals surface area contributed by atoms with Crippen LogP contribution in [-0.4, -0.2) is 28.6 Å². The van der Waals surface area contributed by atoms with E-state index in [0.29, 0.717) is 18.9 Å². The molecule has 1 fully saturated rings. The number of hydrogen-bond donors (Lipinski definition) is 1. The number of halogens is 4. The summed E-state index contributed by atoms with van der Waals surface area (Å²) in [6, 6.07) is 1.62. The summed E-state index contributed by atoms with van der Waals surface area (Å²) in [4.78, 5) is 13.4. The van der Waals surface area contributed by atoms with Crippen molar-refractivity contribution in [2.45, 2.75) is 70.9 Å². The van der Waals surface area contributed by atoms with E-state index in [9.17, 15) is 13.2 Å². The van der Waals surface area contributed by atoms with Crippen LogP contribution in [0.15, 0.2) is 18.5 Å². The molecule has 184 valence electrons. The Morgan fingerprint density at radius 2 is 1.85 bits per heavy atom. The molecule has 4 nitrogen and oxygen atoms in total. The second-order valence-corrected chi connectivity index (χ2v) is 10.8. The Labute approximate surface area is 208 Å². The molecule has 2 atom stereocenters. The minimum Gasteiger partial charge on any atom is -0.367 e. The molecule has 0 bridgehead atoms. The lowest BCUT2D eigenvalue weighted by Crippen LogP contribution is -2.48. The largest absolute Gasteiger partial charge is 0.367 e. The maximum atomic E-state index is 14.6. The van der Waals surface area contributed by atoms with Crippen molar-refractivity contribution < 1.29 is 13.2 Å². The second kappa shape index (κ2) is 10.3. The van der Waals surface area contributed by atoms with E-state index in [0.717, 1.165) is 53.9 Å². The van der Waals surface area contributed by atoms with Crippen LogP contribution in [0.1, 0.15) is 56.4 Å². The average molecular weight is 511 g/mol. The Balaban J connectivity index is 0.00000274. The summed E-state index contributed by atoms with van der Waals surface area (Å²) < 4.78 is 42.7. The van der Waals surface area contributed by atoms with Crippen molar-refractivity contribution in [3.8, 4) is 0 Å². The van der Waals surface area contributed by atoms with Gasteiger partial charge in [-0.05, 0) is 56.4 Å². The zero-order valence-electron chi connectivity index (χ0n) is 19.4. The third kappa shape index (κ3) is 4.85. The summed E-state index contributed by atoms with van der Waals surface area (Å²) in [5.74, 6) is -1.33. The number of nitrogens with zero attached hydrogens (tertiary/aromatic N) is 3. The van der Waals surface area contributed by atoms with E-state index in [1.807, 2.05) is 0 Å². The molecule has 2 aliphatic rings. The molecule has 1 aliphatic carbocycles. The molecule has 1 N–H and O–H groups in total. The van der Waals surface area contributed by atoms with E-state index in [2.05, 4.69) is 29.1 Å². The summed E-state index contributed by atoms with van der Waals surface area (Å²) >= 11 is 1.77. The third-order valence-corrected chi connectivity index (χ3v) is 8.02. The van der Waals surface area contributed by atoms with Gasteiger partial charge in [0.2, 0.25) is 0 Å². The normalized spacial score (nSPS) is 20.4. The first kappa shape index (κ1) is 25.0. The van der Waals surface area contributed by atoms with E-state index < -0.39 is 17.5 Å². The van der Waals surface area contributed by atoms with E-state index in [4.69, 9.17) is 0 Å². The van der Waals surface area contributed by atoms with Gasteiger partial charge in [-0.25, -0.2) is 23.1 Å². The van der Waals surface area contributed by atoms with E-state index >= 15 is 0 Å². The van der Waals surface area contributed by atoms with Gasteiger partial charge in [-0.15, -0.1) is 23.7 Å². The number of anilines is 2. The lowest BCUT2D eigenvalue weighted by molar-refractivity contribution is 0.365. The number of fused-ring (bicyclic) bond motifs is 3. The fourth-order valence-electron chi connectivity index (χ4n) is 5.45. The lowest BCUT2D eigenvalue weighted by atomic mass is 9.90. The first-order valence-electron chi connectivity index (χ1n) is 11.8. The van der Waals surface area contributed by atoms with Crippen molar-refractivity contribution in [1.29, 1.82) is 0 Å². The van der Waals surface area contributed by atoms with Crippen molar-refractivity contribution in [3.05, 3.63) is 46.4 Å². The molecule has 1 saturated heterocycles. The van der Waals surface area contributed by atoms with Crippen LogP contribution < -0.4 is 10.2 Å². The molecule has 2 aromatic heterocycles. The van der Waals surface area contributed by atoms with E-state index in [1.165, 1.54) is 23.3 Å². The van der Waals surface area contributed by atoms with Gasteiger partial charge in [-0.1, -0.05) is 13.8 Å². The number of rotatable bonds is 5. The quantitative estimate of drug-likeness (QED) is 0.405. The molecule has 1 aliphatic heterocycles. The highest BCUT2D eigenvalue weighted by Gasteiger charge is 2.33. The molecule has 2 unspecified atom stereocenters. The molecule has 34 heavy (non-hydrogen) atoms. The second-order valence-electron chi connectivity index (χ2n) is 9.67. The predicted octanol–water partition coefficient (Wildman–Crippen LogP) is 6.90. The number of aromatic nitrogens is 2. The fraction of sp³-hybridized carbons (Fsp3) is 0.520. The van der Waals surface area contributed by atoms with Crippen LogP contribution in [0.3, 0.4) is 0 Å². The standard InChI is InChI=1S/C25H29F3N4S.ClH/c1-14(2)9-17-12-16(7-8-32(17)23-19(27)10-15(26)11-20(23)28)31-24-22-18-5-3-4-6-21(18)33-25(22)30-13-29-24;/h10-11,13-14,16-17H,3-9,12H2,1-2H3,(H,29,30,31);1H. The number of hydrogen-bond acceptors (Lipinski definition) is 5. The molecule has 3 aromatic rings. The maximum absolute atomic E-state index is 14.6. The van der Waals surface area contributed by atoms with Crippen LogP contribution in [-0.2, 0) is 12.8 Å². The first-order chi connectivity index (χ1) is 15.9. The van der Waals surface area contributed by atoms with Gasteiger partial charge in [0.15, 0.2) is 11.6 Å². The molecule has 3 heterocycles. The van der Waals surface area contributed by atoms with E-state index in [1.54, 1.807) is 22.6 Å². The van der Waals surface area contributed by atoms with Gasteiger partial charge in [0, 0.05) is 35.6 Å². The Bertz CT molecular complexity index is 1150. The molecular formula is C25H30ClF3N4S. The highest BCUT2D eigenvalue weighted by molar-refractivity contribution is 7.19. The Morgan fingerprint density at radius 1 is 1.12 bits per heavy atom. The Kier molecular flexibility index (Phi) is 7.57. The summed E-state index contributed by atoms with van der Waals surface area (Å²) in [7, 11) is 0. The van der Waals surface area contributed by atoms with Crippen LogP contribution in [0.2, 0.25) is 0 Å². The van der Waals surface area contributed by atoms with Crippen molar-refractivity contribution in [3.63, 3.8) is 0 Å². The monoisotopic (exact) mass is 510 g/mol. The molecule has 0 amide bonds. The van der Waals surface area contributed by atoms with Crippen molar-refractivity contribution in [2.24, 2.45) is 5.92 Å². The molecule has 0 radical (unpaired) electrons. The number of thiophene rings is 1. The zero-order chi connectivity index (χ0) is 23.1. The van der Waals surface area contributed by atoms with Gasteiger partial charge in [0.25, 0.3) is 0 Å². The number of aryl methyl sites for hydroxylation is 2. The Hall–Kier alpha value is -2.06. The third-order valence-electron chi connectivity index (χ3n) is 6.82. The van der Waals surface area contributed by atoms with Crippen LogP contribution in [0.4, 0.5) is 24.7 Å². The summed E-state index contributed by atoms with van der Waals surface area (Å²) in [5.41, 5.74) is 1.27. The highest BCUT2D eigenvalue weighted by atomic mass is 35.5. The topological polar surface area (TPSA) is 41.1 Å². The lowest BCUT2D eigenvalue weighted by Gasteiger charge is -2.42. The smallest absolute Gasteiger partial charge is 0.152 e. The summed E-state index contributed by atoms with van der Waals surface area (Å²) in [6.45, 7) is 4.71. The van der Waals surface area contributed by atoms with Crippen LogP contribution in [0.5, 0.6) is 0 Å². The number of piperidine rings is 1. The molecular weight excluding hydrogens is 481 g/mol. The fourth-order valence-corrected chi connectivity index (χ4v) is 6.67. The zero-order valence-corrected chi connectivity index (χ0v) is 21.0. The molecule has 5 rings (SSSR count). The average Bonchev–Trinajstić information content (AvgIpc) is 3.14. The molecule has 0 spiro atoms. The predicted molar refractivity (Wildman–Crippen MR) is 135 cm³/mol. The molecule has 9 heteroatoms. The van der Waals surface area contributed by atoms with Gasteiger partial charge in [-0.2, -0.15) is 0 Å². The van der Waals surface area contributed by atoms with Gasteiger partial charge in [-0.3, -0.25) is 0 Å². The van der Waals surface area contributed by atoms with Gasteiger partial charge < -0.3 is 10.2 Å². The van der Waals surface area contributed by atoms with Gasteiger partial charge in [0.05, 0.1) is 5.39 Å². The highest BCUT2D eigenvalue weighted by Crippen LogP contribution is 2.39. The minimum atomic E-state index is -0.891. The molecule has 1 aromatic carbocycles. The van der Waals surface area contributed by atoms with Crippen molar-refractivity contribution >= 4 is 45.5 Å². The van der Waals surface area contributed by atoms with Crippen molar-refractivity contribution in [2.75, 3.05) is 16.8 Å². The SMILES string of the molecule is CC(C)CC1CC(Nc2ncnc3sc4c(c23)CCCC4)CCN1c1c(F)cc(F)cc1F.Cl. The molecule has 0 saturated carbocycles.